The van der Waals surface area contributed by atoms with Crippen LogP contribution in [-0.4, -0.2) is 12.6 Å². The largest absolute Gasteiger partial charge is 0.310 e. The topological polar surface area (TPSA) is 12.0 Å². The second-order valence-electron chi connectivity index (χ2n) is 5.16. The Bertz CT molecular complexity index is 414. The van der Waals surface area contributed by atoms with Crippen LogP contribution < -0.4 is 5.32 Å². The van der Waals surface area contributed by atoms with Crippen LogP contribution in [0.25, 0.3) is 6.08 Å². The predicted octanol–water partition coefficient (Wildman–Crippen LogP) is 3.85. The maximum absolute atomic E-state index is 3.59. The van der Waals surface area contributed by atoms with Crippen LogP contribution in [0.5, 0.6) is 0 Å². The van der Waals surface area contributed by atoms with Crippen molar-refractivity contribution in [2.24, 2.45) is 0 Å². The minimum atomic E-state index is 0.796. The van der Waals surface area contributed by atoms with Gasteiger partial charge in [-0.25, -0.2) is 0 Å². The first-order valence-corrected chi connectivity index (χ1v) is 6.69. The normalized spacial score (nSPS) is 16.3. The van der Waals surface area contributed by atoms with Crippen molar-refractivity contribution >= 4 is 6.08 Å². The molecule has 17 heavy (non-hydrogen) atoms. The van der Waals surface area contributed by atoms with Crippen molar-refractivity contribution in [3.63, 3.8) is 0 Å². The molecule has 0 atom stereocenters. The fourth-order valence-corrected chi connectivity index (χ4v) is 1.93. The Labute approximate surface area is 105 Å². The maximum atomic E-state index is 3.59. The summed E-state index contributed by atoms with van der Waals surface area (Å²) in [4.78, 5) is 0. The number of hydrogen-bond acceptors (Lipinski definition) is 1. The van der Waals surface area contributed by atoms with E-state index in [0.29, 0.717) is 0 Å². The van der Waals surface area contributed by atoms with Gasteiger partial charge in [-0.05, 0) is 49.8 Å². The minimum Gasteiger partial charge on any atom is -0.310 e. The summed E-state index contributed by atoms with van der Waals surface area (Å²) in [5.41, 5.74) is 5.59. The second-order valence-corrected chi connectivity index (χ2v) is 5.16. The molecule has 1 nitrogen and oxygen atoms in total. The van der Waals surface area contributed by atoms with Gasteiger partial charge in [0.25, 0.3) is 0 Å². The summed E-state index contributed by atoms with van der Waals surface area (Å²) in [5.74, 6) is 0. The van der Waals surface area contributed by atoms with Crippen LogP contribution in [0.2, 0.25) is 0 Å². The first-order chi connectivity index (χ1) is 8.19. The van der Waals surface area contributed by atoms with Crippen LogP contribution in [0.3, 0.4) is 0 Å². The van der Waals surface area contributed by atoms with E-state index in [4.69, 9.17) is 0 Å². The van der Waals surface area contributed by atoms with Crippen LogP contribution >= 0.6 is 0 Å². The van der Waals surface area contributed by atoms with Gasteiger partial charge in [0.05, 0.1) is 0 Å². The monoisotopic (exact) mass is 229 g/mol. The number of rotatable bonds is 5. The molecular formula is C16H23N. The van der Waals surface area contributed by atoms with Crippen molar-refractivity contribution in [2.75, 3.05) is 6.54 Å². The molecule has 0 heterocycles. The van der Waals surface area contributed by atoms with Crippen LogP contribution in [-0.2, 0) is 0 Å². The Morgan fingerprint density at radius 3 is 2.65 bits per heavy atom. The standard InChI is InChI=1S/C16H23N/c1-4-14(11-17-16-7-8-16)10-15-6-5-12(2)13(3)9-15/h5-6,9-10,16-17H,4,7-8,11H2,1-3H3. The van der Waals surface area contributed by atoms with Crippen molar-refractivity contribution in [3.05, 3.63) is 40.5 Å². The Balaban J connectivity index is 2.04. The molecule has 0 radical (unpaired) electrons. The highest BCUT2D eigenvalue weighted by atomic mass is 14.9. The average molecular weight is 229 g/mol. The van der Waals surface area contributed by atoms with E-state index in [1.807, 2.05) is 0 Å². The maximum Gasteiger partial charge on any atom is 0.0170 e. The number of hydrogen-bond donors (Lipinski definition) is 1. The van der Waals surface area contributed by atoms with E-state index in [1.54, 1.807) is 0 Å². The van der Waals surface area contributed by atoms with E-state index < -0.39 is 0 Å². The smallest absolute Gasteiger partial charge is 0.0170 e. The van der Waals surface area contributed by atoms with E-state index in [9.17, 15) is 0 Å². The first kappa shape index (κ1) is 12.4. The third kappa shape index (κ3) is 3.71. The molecule has 1 aliphatic carbocycles. The van der Waals surface area contributed by atoms with Gasteiger partial charge in [-0.15, -0.1) is 0 Å². The molecule has 0 aromatic heterocycles. The molecular weight excluding hydrogens is 206 g/mol. The molecule has 0 aliphatic heterocycles. The Morgan fingerprint density at radius 2 is 2.06 bits per heavy atom. The van der Waals surface area contributed by atoms with Crippen molar-refractivity contribution in [3.8, 4) is 0 Å². The molecule has 0 bridgehead atoms. The molecule has 0 unspecified atom stereocenters. The molecule has 1 aromatic rings. The van der Waals surface area contributed by atoms with Gasteiger partial charge < -0.3 is 5.32 Å². The molecule has 92 valence electrons. The van der Waals surface area contributed by atoms with E-state index in [-0.39, 0.29) is 0 Å². The van der Waals surface area contributed by atoms with E-state index >= 15 is 0 Å². The zero-order valence-corrected chi connectivity index (χ0v) is 11.2. The van der Waals surface area contributed by atoms with Crippen LogP contribution in [0, 0.1) is 13.8 Å². The number of nitrogens with one attached hydrogen (secondary N) is 1. The van der Waals surface area contributed by atoms with Crippen molar-refractivity contribution in [2.45, 2.75) is 46.1 Å². The van der Waals surface area contributed by atoms with Crippen molar-refractivity contribution in [1.29, 1.82) is 0 Å². The highest BCUT2D eigenvalue weighted by Crippen LogP contribution is 2.20. The van der Waals surface area contributed by atoms with Gasteiger partial charge in [0.1, 0.15) is 0 Å². The summed E-state index contributed by atoms with van der Waals surface area (Å²) in [6, 6.07) is 7.50. The van der Waals surface area contributed by atoms with Crippen LogP contribution in [0.1, 0.15) is 42.9 Å². The molecule has 1 aliphatic rings. The molecule has 1 fully saturated rings. The van der Waals surface area contributed by atoms with Gasteiger partial charge >= 0.3 is 0 Å². The molecule has 0 spiro atoms. The van der Waals surface area contributed by atoms with Gasteiger partial charge in [-0.2, -0.15) is 0 Å². The third-order valence-electron chi connectivity index (χ3n) is 3.55. The Kier molecular flexibility index (Phi) is 4.01. The van der Waals surface area contributed by atoms with Gasteiger partial charge in [-0.1, -0.05) is 36.8 Å². The van der Waals surface area contributed by atoms with Crippen LogP contribution in [0.15, 0.2) is 23.8 Å². The Hall–Kier alpha value is -1.08. The average Bonchev–Trinajstić information content (AvgIpc) is 3.13. The molecule has 1 N–H and O–H groups in total. The highest BCUT2D eigenvalue weighted by Gasteiger charge is 2.19. The molecule has 1 aromatic carbocycles. The molecule has 1 heteroatoms. The number of benzene rings is 1. The van der Waals surface area contributed by atoms with E-state index in [0.717, 1.165) is 19.0 Å². The number of aryl methyl sites for hydroxylation is 2. The molecule has 0 saturated heterocycles. The second kappa shape index (κ2) is 5.50. The highest BCUT2D eigenvalue weighted by molar-refractivity contribution is 5.55. The third-order valence-corrected chi connectivity index (χ3v) is 3.55. The predicted molar refractivity (Wildman–Crippen MR) is 75.2 cm³/mol. The molecule has 2 rings (SSSR count). The van der Waals surface area contributed by atoms with Gasteiger partial charge in [0.15, 0.2) is 0 Å². The quantitative estimate of drug-likeness (QED) is 0.808. The summed E-state index contributed by atoms with van der Waals surface area (Å²) < 4.78 is 0. The lowest BCUT2D eigenvalue weighted by Gasteiger charge is -2.07. The van der Waals surface area contributed by atoms with Gasteiger partial charge in [0, 0.05) is 12.6 Å². The molecule has 1 saturated carbocycles. The minimum absolute atomic E-state index is 0.796. The SMILES string of the molecule is CCC(=Cc1ccc(C)c(C)c1)CNC1CC1. The lowest BCUT2D eigenvalue weighted by molar-refractivity contribution is 0.723. The zero-order valence-electron chi connectivity index (χ0n) is 11.2. The fraction of sp³-hybridized carbons (Fsp3) is 0.500. The van der Waals surface area contributed by atoms with Gasteiger partial charge in [-0.3, -0.25) is 0 Å². The van der Waals surface area contributed by atoms with E-state index in [1.165, 1.54) is 35.1 Å². The lowest BCUT2D eigenvalue weighted by Crippen LogP contribution is -2.18. The zero-order chi connectivity index (χ0) is 12.3. The van der Waals surface area contributed by atoms with Crippen LogP contribution in [0.4, 0.5) is 0 Å². The van der Waals surface area contributed by atoms with Crippen molar-refractivity contribution < 1.29 is 0 Å². The Morgan fingerprint density at radius 1 is 1.29 bits per heavy atom. The summed E-state index contributed by atoms with van der Waals surface area (Å²) >= 11 is 0. The summed E-state index contributed by atoms with van der Waals surface area (Å²) in [5, 5.41) is 3.59. The fourth-order valence-electron chi connectivity index (χ4n) is 1.93. The summed E-state index contributed by atoms with van der Waals surface area (Å²) in [6.07, 6.45) is 6.19. The molecule has 0 amide bonds. The van der Waals surface area contributed by atoms with E-state index in [2.05, 4.69) is 50.4 Å². The first-order valence-electron chi connectivity index (χ1n) is 6.69. The summed E-state index contributed by atoms with van der Waals surface area (Å²) in [7, 11) is 0. The lowest BCUT2D eigenvalue weighted by atomic mass is 10.0. The summed E-state index contributed by atoms with van der Waals surface area (Å²) in [6.45, 7) is 7.63. The van der Waals surface area contributed by atoms with Gasteiger partial charge in [0.2, 0.25) is 0 Å². The van der Waals surface area contributed by atoms with Crippen molar-refractivity contribution in [1.82, 2.24) is 5.32 Å².